The second-order valence-corrected chi connectivity index (χ2v) is 7.39. The van der Waals surface area contributed by atoms with Crippen LogP contribution >= 0.6 is 0 Å². The quantitative estimate of drug-likeness (QED) is 0.761. The average Bonchev–Trinajstić information content (AvgIpc) is 3.20. The molecular formula is C22H24N4O2. The topological polar surface area (TPSA) is 71.0 Å². The maximum atomic E-state index is 12.6. The number of carbonyl (C=O) groups is 1. The monoisotopic (exact) mass is 376 g/mol. The molecule has 1 N–H and O–H groups in total. The maximum absolute atomic E-state index is 12.6. The molecule has 1 saturated heterocycles. The molecule has 0 spiro atoms. The second kappa shape index (κ2) is 7.84. The number of hydrogen-bond donors (Lipinski definition) is 1. The highest BCUT2D eigenvalue weighted by molar-refractivity contribution is 5.76. The largest absolute Gasteiger partial charge is 0.341 e. The Labute approximate surface area is 163 Å². The van der Waals surface area contributed by atoms with Gasteiger partial charge in [-0.3, -0.25) is 14.7 Å². The minimum absolute atomic E-state index is 0.00438. The lowest BCUT2D eigenvalue weighted by molar-refractivity contribution is -0.132. The van der Waals surface area contributed by atoms with Crippen LogP contribution in [0, 0.1) is 6.92 Å². The van der Waals surface area contributed by atoms with Crippen molar-refractivity contribution < 1.29 is 4.79 Å². The first-order valence-corrected chi connectivity index (χ1v) is 9.65. The van der Waals surface area contributed by atoms with E-state index in [-0.39, 0.29) is 18.0 Å². The van der Waals surface area contributed by atoms with Crippen molar-refractivity contribution >= 4 is 5.91 Å². The summed E-state index contributed by atoms with van der Waals surface area (Å²) in [7, 11) is 0. The highest BCUT2D eigenvalue weighted by Crippen LogP contribution is 2.34. The molecule has 6 heteroatoms. The molecule has 6 nitrogen and oxygen atoms in total. The van der Waals surface area contributed by atoms with Gasteiger partial charge in [-0.05, 0) is 31.4 Å². The number of nitrogens with zero attached hydrogens (tertiary/aromatic N) is 3. The van der Waals surface area contributed by atoms with E-state index in [0.717, 1.165) is 24.1 Å². The van der Waals surface area contributed by atoms with Crippen LogP contribution in [0.2, 0.25) is 0 Å². The number of likely N-dealkylation sites (tertiary alicyclic amines) is 1. The summed E-state index contributed by atoms with van der Waals surface area (Å²) in [6, 6.07) is 13.4. The number of carbonyl (C=O) groups excluding carboxylic acids is 1. The van der Waals surface area contributed by atoms with Crippen LogP contribution in [0.15, 0.2) is 59.7 Å². The Morgan fingerprint density at radius 1 is 1.18 bits per heavy atom. The van der Waals surface area contributed by atoms with Crippen molar-refractivity contribution in [2.75, 3.05) is 13.1 Å². The molecule has 28 heavy (non-hydrogen) atoms. The molecule has 0 bridgehead atoms. The van der Waals surface area contributed by atoms with Crippen LogP contribution in [-0.4, -0.2) is 38.7 Å². The molecule has 0 aliphatic carbocycles. The zero-order valence-electron chi connectivity index (χ0n) is 16.0. The number of aryl methyl sites for hydroxylation is 1. The van der Waals surface area contributed by atoms with E-state index < -0.39 is 0 Å². The third kappa shape index (κ3) is 3.76. The van der Waals surface area contributed by atoms with E-state index in [4.69, 9.17) is 0 Å². The summed E-state index contributed by atoms with van der Waals surface area (Å²) in [5.41, 5.74) is 4.54. The zero-order chi connectivity index (χ0) is 19.5. The maximum Gasteiger partial charge on any atom is 0.250 e. The van der Waals surface area contributed by atoms with Gasteiger partial charge in [-0.25, -0.2) is 0 Å². The van der Waals surface area contributed by atoms with Crippen molar-refractivity contribution in [2.45, 2.75) is 32.2 Å². The van der Waals surface area contributed by atoms with Gasteiger partial charge in [0.15, 0.2) is 0 Å². The number of nitrogens with one attached hydrogen (secondary N) is 1. The summed E-state index contributed by atoms with van der Waals surface area (Å²) in [6.45, 7) is 3.57. The fraction of sp³-hybridized carbons (Fsp3) is 0.318. The Balaban J connectivity index is 1.43. The molecule has 1 aliphatic heterocycles. The van der Waals surface area contributed by atoms with Crippen molar-refractivity contribution in [3.8, 4) is 11.1 Å². The van der Waals surface area contributed by atoms with Crippen molar-refractivity contribution in [3.05, 3.63) is 76.5 Å². The third-order valence-electron chi connectivity index (χ3n) is 5.46. The minimum atomic E-state index is -0.147. The predicted octanol–water partition coefficient (Wildman–Crippen LogP) is 2.95. The van der Waals surface area contributed by atoms with Gasteiger partial charge in [0.05, 0.1) is 6.20 Å². The van der Waals surface area contributed by atoms with Gasteiger partial charge >= 0.3 is 0 Å². The van der Waals surface area contributed by atoms with Crippen molar-refractivity contribution in [3.63, 3.8) is 0 Å². The van der Waals surface area contributed by atoms with E-state index in [9.17, 15) is 9.59 Å². The molecule has 2 aromatic heterocycles. The summed E-state index contributed by atoms with van der Waals surface area (Å²) in [5.74, 6) is 0.344. The first-order valence-electron chi connectivity index (χ1n) is 9.65. The zero-order valence-corrected chi connectivity index (χ0v) is 16.0. The summed E-state index contributed by atoms with van der Waals surface area (Å²) in [5, 5.41) is 7.47. The van der Waals surface area contributed by atoms with Crippen LogP contribution in [0.5, 0.6) is 0 Å². The first-order chi connectivity index (χ1) is 13.6. The normalized spacial score (nSPS) is 15.0. The number of hydrogen-bond acceptors (Lipinski definition) is 3. The van der Waals surface area contributed by atoms with E-state index in [0.29, 0.717) is 19.0 Å². The molecule has 3 aromatic rings. The number of rotatable bonds is 4. The molecule has 1 aliphatic rings. The van der Waals surface area contributed by atoms with Crippen LogP contribution in [0.1, 0.15) is 30.0 Å². The molecule has 1 amide bonds. The predicted molar refractivity (Wildman–Crippen MR) is 108 cm³/mol. The number of aromatic nitrogens is 3. The Kier molecular flexibility index (Phi) is 5.10. The van der Waals surface area contributed by atoms with Gasteiger partial charge in [-0.2, -0.15) is 5.10 Å². The van der Waals surface area contributed by atoms with Gasteiger partial charge in [0.1, 0.15) is 6.54 Å². The average molecular weight is 376 g/mol. The van der Waals surface area contributed by atoms with E-state index >= 15 is 0 Å². The summed E-state index contributed by atoms with van der Waals surface area (Å²) in [4.78, 5) is 26.3. The molecule has 1 fully saturated rings. The van der Waals surface area contributed by atoms with Gasteiger partial charge in [-0.15, -0.1) is 0 Å². The number of aromatic amines is 1. The Morgan fingerprint density at radius 2 is 2.00 bits per heavy atom. The fourth-order valence-electron chi connectivity index (χ4n) is 3.90. The number of benzene rings is 1. The minimum Gasteiger partial charge on any atom is -0.341 e. The highest BCUT2D eigenvalue weighted by atomic mass is 16.2. The first kappa shape index (κ1) is 18.2. The van der Waals surface area contributed by atoms with E-state index in [1.807, 2.05) is 11.1 Å². The summed E-state index contributed by atoms with van der Waals surface area (Å²) >= 11 is 0. The molecule has 3 heterocycles. The van der Waals surface area contributed by atoms with Crippen molar-refractivity contribution in [1.29, 1.82) is 0 Å². The SMILES string of the molecule is Cc1cccc(-c2cn[nH]c2C2CCN(C(=O)Cn3ccccc3=O)CC2)c1. The molecule has 4 rings (SSSR count). The van der Waals surface area contributed by atoms with Crippen LogP contribution in [-0.2, 0) is 11.3 Å². The molecule has 1 aromatic carbocycles. The van der Waals surface area contributed by atoms with Gasteiger partial charge in [0.2, 0.25) is 5.91 Å². The van der Waals surface area contributed by atoms with Gasteiger partial charge in [-0.1, -0.05) is 35.9 Å². The lowest BCUT2D eigenvalue weighted by Gasteiger charge is -2.32. The summed E-state index contributed by atoms with van der Waals surface area (Å²) in [6.07, 6.45) is 5.32. The highest BCUT2D eigenvalue weighted by Gasteiger charge is 2.26. The molecule has 0 unspecified atom stereocenters. The molecule has 0 radical (unpaired) electrons. The van der Waals surface area contributed by atoms with Crippen LogP contribution < -0.4 is 5.56 Å². The van der Waals surface area contributed by atoms with E-state index in [1.165, 1.54) is 21.8 Å². The standard InChI is InChI=1S/C22H24N4O2/c1-16-5-4-6-18(13-16)19-14-23-24-22(19)17-8-11-25(12-9-17)21(28)15-26-10-3-2-7-20(26)27/h2-7,10,13-14,17H,8-9,11-12,15H2,1H3,(H,23,24). The Morgan fingerprint density at radius 3 is 2.75 bits per heavy atom. The van der Waals surface area contributed by atoms with E-state index in [1.54, 1.807) is 18.3 Å². The Bertz CT molecular complexity index is 1030. The smallest absolute Gasteiger partial charge is 0.250 e. The van der Waals surface area contributed by atoms with Gasteiger partial charge in [0.25, 0.3) is 5.56 Å². The van der Waals surface area contributed by atoms with Crippen molar-refractivity contribution in [1.82, 2.24) is 19.7 Å². The number of H-pyrrole nitrogens is 1. The Hall–Kier alpha value is -3.15. The number of amides is 1. The van der Waals surface area contributed by atoms with Gasteiger partial charge in [0, 0.05) is 42.5 Å². The molecule has 144 valence electrons. The second-order valence-electron chi connectivity index (χ2n) is 7.39. The van der Waals surface area contributed by atoms with Crippen LogP contribution in [0.4, 0.5) is 0 Å². The lowest BCUT2D eigenvalue weighted by Crippen LogP contribution is -2.41. The van der Waals surface area contributed by atoms with E-state index in [2.05, 4.69) is 41.4 Å². The molecular weight excluding hydrogens is 352 g/mol. The van der Waals surface area contributed by atoms with Crippen molar-refractivity contribution in [2.24, 2.45) is 0 Å². The van der Waals surface area contributed by atoms with Crippen LogP contribution in [0.25, 0.3) is 11.1 Å². The lowest BCUT2D eigenvalue weighted by atomic mass is 9.89. The van der Waals surface area contributed by atoms with Crippen LogP contribution in [0.3, 0.4) is 0 Å². The molecule has 0 saturated carbocycles. The number of piperidine rings is 1. The molecule has 0 atom stereocenters. The summed E-state index contributed by atoms with van der Waals surface area (Å²) < 4.78 is 1.46. The fourth-order valence-corrected chi connectivity index (χ4v) is 3.90. The van der Waals surface area contributed by atoms with Gasteiger partial charge < -0.3 is 9.47 Å². The number of pyridine rings is 1. The third-order valence-corrected chi connectivity index (χ3v) is 5.46.